The third kappa shape index (κ3) is 5.90. The summed E-state index contributed by atoms with van der Waals surface area (Å²) in [4.78, 5) is 37.5. The van der Waals surface area contributed by atoms with Crippen LogP contribution in [-0.2, 0) is 4.79 Å². The molecule has 1 aliphatic heterocycles. The van der Waals surface area contributed by atoms with E-state index in [0.29, 0.717) is 30.9 Å². The van der Waals surface area contributed by atoms with Crippen LogP contribution >= 0.6 is 0 Å². The van der Waals surface area contributed by atoms with E-state index in [0.717, 1.165) is 32.1 Å². The molecule has 0 aliphatic carbocycles. The van der Waals surface area contributed by atoms with Gasteiger partial charge in [0.1, 0.15) is 0 Å². The van der Waals surface area contributed by atoms with Crippen molar-refractivity contribution in [2.75, 3.05) is 19.6 Å². The molecule has 166 valence electrons. The molecule has 0 saturated carbocycles. The predicted octanol–water partition coefficient (Wildman–Crippen LogP) is 3.33. The highest BCUT2D eigenvalue weighted by atomic mass is 16.6. The molecule has 0 spiro atoms. The van der Waals surface area contributed by atoms with Crippen LogP contribution < -0.4 is 5.32 Å². The van der Waals surface area contributed by atoms with E-state index in [1.165, 1.54) is 29.4 Å². The highest BCUT2D eigenvalue weighted by Crippen LogP contribution is 2.20. The molecule has 3 rings (SSSR count). The molecular formula is C22H29N5O4. The first kappa shape index (κ1) is 22.5. The summed E-state index contributed by atoms with van der Waals surface area (Å²) in [5.74, 6) is -0.322. The molecule has 2 heterocycles. The van der Waals surface area contributed by atoms with Crippen molar-refractivity contribution < 1.29 is 14.5 Å². The maximum absolute atomic E-state index is 12.9. The lowest BCUT2D eigenvalue weighted by Gasteiger charge is -2.31. The van der Waals surface area contributed by atoms with Crippen molar-refractivity contribution >= 4 is 17.5 Å². The lowest BCUT2D eigenvalue weighted by atomic mass is 9.96. The number of carbonyl (C=O) groups is 2. The van der Waals surface area contributed by atoms with Crippen LogP contribution in [0.15, 0.2) is 36.7 Å². The summed E-state index contributed by atoms with van der Waals surface area (Å²) in [5.41, 5.74) is 1.05. The standard InChI is InChI=1S/C22H29N5O4/c1-2-3-4-5-12-23-21(28)17-7-6-13-25(15-17)22(29)18-14-24-26(16-18)19-8-10-20(11-9-19)27(30)31/h8-11,14,16-17H,2-7,12-13,15H2,1H3,(H,23,28). The van der Waals surface area contributed by atoms with Crippen LogP contribution in [0.3, 0.4) is 0 Å². The minimum atomic E-state index is -0.462. The van der Waals surface area contributed by atoms with Crippen LogP contribution in [0.25, 0.3) is 5.69 Å². The Kier molecular flexibility index (Phi) is 7.75. The quantitative estimate of drug-likeness (QED) is 0.375. The minimum absolute atomic E-state index is 0.00444. The van der Waals surface area contributed by atoms with E-state index in [1.807, 2.05) is 0 Å². The molecule has 1 aromatic carbocycles. The van der Waals surface area contributed by atoms with Gasteiger partial charge in [-0.1, -0.05) is 26.2 Å². The molecule has 2 amide bonds. The number of nitro benzene ring substituents is 1. The molecule has 9 heteroatoms. The van der Waals surface area contributed by atoms with Crippen LogP contribution in [0.4, 0.5) is 5.69 Å². The lowest BCUT2D eigenvalue weighted by molar-refractivity contribution is -0.384. The fourth-order valence-electron chi connectivity index (χ4n) is 3.77. The van der Waals surface area contributed by atoms with Gasteiger partial charge in [-0.05, 0) is 31.4 Å². The molecule has 1 fully saturated rings. The van der Waals surface area contributed by atoms with Crippen molar-refractivity contribution in [2.45, 2.75) is 45.4 Å². The molecule has 31 heavy (non-hydrogen) atoms. The average Bonchev–Trinajstić information content (AvgIpc) is 3.28. The molecule has 1 unspecified atom stereocenters. The van der Waals surface area contributed by atoms with E-state index in [-0.39, 0.29) is 23.4 Å². The number of rotatable bonds is 9. The smallest absolute Gasteiger partial charge is 0.269 e. The first-order valence-electron chi connectivity index (χ1n) is 10.9. The Hall–Kier alpha value is -3.23. The molecular weight excluding hydrogens is 398 g/mol. The zero-order chi connectivity index (χ0) is 22.2. The average molecular weight is 428 g/mol. The van der Waals surface area contributed by atoms with Crippen molar-refractivity contribution in [3.05, 3.63) is 52.3 Å². The third-order valence-corrected chi connectivity index (χ3v) is 5.56. The summed E-state index contributed by atoms with van der Waals surface area (Å²) in [5, 5.41) is 18.0. The SMILES string of the molecule is CCCCCCNC(=O)C1CCCN(C(=O)c2cnn(-c3ccc([N+](=O)[O-])cc3)c2)C1. The monoisotopic (exact) mass is 427 g/mol. The molecule has 1 atom stereocenters. The van der Waals surface area contributed by atoms with Gasteiger partial charge < -0.3 is 10.2 Å². The van der Waals surface area contributed by atoms with Crippen molar-refractivity contribution in [3.8, 4) is 5.69 Å². The second-order valence-electron chi connectivity index (χ2n) is 7.89. The number of benzene rings is 1. The van der Waals surface area contributed by atoms with Gasteiger partial charge in [0.05, 0.1) is 28.3 Å². The summed E-state index contributed by atoms with van der Waals surface area (Å²) in [6.07, 6.45) is 9.11. The van der Waals surface area contributed by atoms with Gasteiger partial charge in [-0.25, -0.2) is 4.68 Å². The van der Waals surface area contributed by atoms with E-state index >= 15 is 0 Å². The number of likely N-dealkylation sites (tertiary alicyclic amines) is 1. The number of piperidine rings is 1. The van der Waals surface area contributed by atoms with Gasteiger partial charge >= 0.3 is 0 Å². The van der Waals surface area contributed by atoms with Crippen LogP contribution in [0.5, 0.6) is 0 Å². The van der Waals surface area contributed by atoms with E-state index in [1.54, 1.807) is 23.2 Å². The van der Waals surface area contributed by atoms with Gasteiger partial charge in [0.25, 0.3) is 11.6 Å². The Morgan fingerprint density at radius 3 is 2.71 bits per heavy atom. The first-order chi connectivity index (χ1) is 15.0. The number of non-ortho nitro benzene ring substituents is 1. The van der Waals surface area contributed by atoms with Crippen molar-refractivity contribution in [1.29, 1.82) is 0 Å². The number of amides is 2. The zero-order valence-corrected chi connectivity index (χ0v) is 17.8. The van der Waals surface area contributed by atoms with Gasteiger partial charge in [0, 0.05) is 38.0 Å². The Morgan fingerprint density at radius 1 is 1.23 bits per heavy atom. The van der Waals surface area contributed by atoms with Crippen LogP contribution in [0, 0.1) is 16.0 Å². The number of nitro groups is 1. The van der Waals surface area contributed by atoms with Gasteiger partial charge in [-0.2, -0.15) is 5.10 Å². The maximum Gasteiger partial charge on any atom is 0.269 e. The molecule has 1 N–H and O–H groups in total. The van der Waals surface area contributed by atoms with E-state index in [9.17, 15) is 19.7 Å². The highest BCUT2D eigenvalue weighted by molar-refractivity contribution is 5.94. The second kappa shape index (κ2) is 10.7. The molecule has 1 aromatic heterocycles. The normalized spacial score (nSPS) is 16.2. The van der Waals surface area contributed by atoms with E-state index in [2.05, 4.69) is 17.3 Å². The number of nitrogens with zero attached hydrogens (tertiary/aromatic N) is 4. The Morgan fingerprint density at radius 2 is 2.00 bits per heavy atom. The molecule has 9 nitrogen and oxygen atoms in total. The predicted molar refractivity (Wildman–Crippen MR) is 116 cm³/mol. The van der Waals surface area contributed by atoms with Gasteiger partial charge in [-0.3, -0.25) is 19.7 Å². The summed E-state index contributed by atoms with van der Waals surface area (Å²) in [6.45, 7) is 3.86. The molecule has 1 aliphatic rings. The Bertz CT molecular complexity index is 909. The maximum atomic E-state index is 12.9. The summed E-state index contributed by atoms with van der Waals surface area (Å²) in [7, 11) is 0. The summed E-state index contributed by atoms with van der Waals surface area (Å²) < 4.78 is 1.52. The second-order valence-corrected chi connectivity index (χ2v) is 7.89. The minimum Gasteiger partial charge on any atom is -0.356 e. The zero-order valence-electron chi connectivity index (χ0n) is 17.8. The third-order valence-electron chi connectivity index (χ3n) is 5.56. The van der Waals surface area contributed by atoms with E-state index in [4.69, 9.17) is 0 Å². The van der Waals surface area contributed by atoms with Gasteiger partial charge in [-0.15, -0.1) is 0 Å². The molecule has 0 radical (unpaired) electrons. The van der Waals surface area contributed by atoms with Crippen molar-refractivity contribution in [2.24, 2.45) is 5.92 Å². The molecule has 1 saturated heterocycles. The van der Waals surface area contributed by atoms with Gasteiger partial charge in [0.15, 0.2) is 0 Å². The number of carbonyl (C=O) groups excluding carboxylic acids is 2. The highest BCUT2D eigenvalue weighted by Gasteiger charge is 2.29. The Labute approximate surface area is 181 Å². The van der Waals surface area contributed by atoms with Crippen LogP contribution in [-0.4, -0.2) is 51.1 Å². The van der Waals surface area contributed by atoms with E-state index < -0.39 is 4.92 Å². The molecule has 2 aromatic rings. The number of aromatic nitrogens is 2. The van der Waals surface area contributed by atoms with Crippen molar-refractivity contribution in [3.63, 3.8) is 0 Å². The number of hydrogen-bond donors (Lipinski definition) is 1. The summed E-state index contributed by atoms with van der Waals surface area (Å²) in [6, 6.07) is 5.96. The number of nitrogens with one attached hydrogen (secondary N) is 1. The van der Waals surface area contributed by atoms with Crippen LogP contribution in [0.1, 0.15) is 55.8 Å². The largest absolute Gasteiger partial charge is 0.356 e. The summed E-state index contributed by atoms with van der Waals surface area (Å²) >= 11 is 0. The topological polar surface area (TPSA) is 110 Å². The fourth-order valence-corrected chi connectivity index (χ4v) is 3.77. The number of unbranched alkanes of at least 4 members (excludes halogenated alkanes) is 3. The fraction of sp³-hybridized carbons (Fsp3) is 0.500. The molecule has 0 bridgehead atoms. The lowest BCUT2D eigenvalue weighted by Crippen LogP contribution is -2.45. The van der Waals surface area contributed by atoms with Gasteiger partial charge in [0.2, 0.25) is 5.91 Å². The number of hydrogen-bond acceptors (Lipinski definition) is 5. The Balaban J connectivity index is 1.57. The first-order valence-corrected chi connectivity index (χ1v) is 10.9. The van der Waals surface area contributed by atoms with Crippen LogP contribution in [0.2, 0.25) is 0 Å². The van der Waals surface area contributed by atoms with Crippen molar-refractivity contribution in [1.82, 2.24) is 20.0 Å².